The molecule has 1 aliphatic heterocycles. The van der Waals surface area contributed by atoms with Crippen LogP contribution in [-0.2, 0) is 4.79 Å². The van der Waals surface area contributed by atoms with Gasteiger partial charge in [0.25, 0.3) is 0 Å². The first-order chi connectivity index (χ1) is 6.66. The van der Waals surface area contributed by atoms with Crippen molar-refractivity contribution in [1.82, 2.24) is 5.32 Å². The third-order valence-electron chi connectivity index (χ3n) is 2.38. The molecule has 1 aromatic carbocycles. The van der Waals surface area contributed by atoms with Gasteiger partial charge in [-0.25, -0.2) is 4.39 Å². The van der Waals surface area contributed by atoms with Gasteiger partial charge in [0.1, 0.15) is 5.82 Å². The minimum absolute atomic E-state index is 0.00248. The highest BCUT2D eigenvalue weighted by atomic mass is 79.9. The van der Waals surface area contributed by atoms with E-state index in [0.29, 0.717) is 18.5 Å². The van der Waals surface area contributed by atoms with E-state index < -0.39 is 0 Å². The fourth-order valence-electron chi connectivity index (χ4n) is 1.66. The number of hydrogen-bond acceptors (Lipinski definition) is 1. The lowest BCUT2D eigenvalue weighted by Crippen LogP contribution is -2.13. The number of rotatable bonds is 1. The third kappa shape index (κ3) is 1.80. The van der Waals surface area contributed by atoms with E-state index in [1.165, 1.54) is 6.07 Å². The van der Waals surface area contributed by atoms with Crippen molar-refractivity contribution < 1.29 is 9.18 Å². The first kappa shape index (κ1) is 9.65. The zero-order valence-electron chi connectivity index (χ0n) is 7.39. The summed E-state index contributed by atoms with van der Waals surface area (Å²) in [6.07, 6.45) is 0.387. The molecule has 0 aromatic heterocycles. The number of carbonyl (C=O) groups is 1. The molecule has 1 amide bonds. The number of halogens is 2. The minimum Gasteiger partial charge on any atom is -0.355 e. The van der Waals surface area contributed by atoms with Gasteiger partial charge in [-0.3, -0.25) is 4.79 Å². The standard InChI is InChI=1S/C10H9BrFNO/c11-7-1-2-8(9(12)4-7)6-3-10(14)13-5-6/h1-2,4,6H,3,5H2,(H,13,14)/t6-/m0/s1. The molecule has 1 heterocycles. The summed E-state index contributed by atoms with van der Waals surface area (Å²) in [4.78, 5) is 11.0. The fraction of sp³-hybridized carbons (Fsp3) is 0.300. The van der Waals surface area contributed by atoms with E-state index in [4.69, 9.17) is 0 Å². The molecular formula is C10H9BrFNO. The van der Waals surface area contributed by atoms with E-state index in [0.717, 1.165) is 4.47 Å². The second-order valence-electron chi connectivity index (χ2n) is 3.37. The Bertz CT molecular complexity index is 380. The predicted octanol–water partition coefficient (Wildman–Crippen LogP) is 2.19. The summed E-state index contributed by atoms with van der Waals surface area (Å²) in [6, 6.07) is 4.95. The number of hydrogen-bond donors (Lipinski definition) is 1. The van der Waals surface area contributed by atoms with Crippen LogP contribution in [0.4, 0.5) is 4.39 Å². The summed E-state index contributed by atoms with van der Waals surface area (Å²) in [5, 5.41) is 2.69. The van der Waals surface area contributed by atoms with Crippen LogP contribution in [0.5, 0.6) is 0 Å². The van der Waals surface area contributed by atoms with E-state index >= 15 is 0 Å². The lowest BCUT2D eigenvalue weighted by molar-refractivity contribution is -0.119. The van der Waals surface area contributed by atoms with Crippen molar-refractivity contribution >= 4 is 21.8 Å². The largest absolute Gasteiger partial charge is 0.355 e. The lowest BCUT2D eigenvalue weighted by Gasteiger charge is -2.08. The molecule has 1 saturated heterocycles. The fourth-order valence-corrected chi connectivity index (χ4v) is 1.99. The van der Waals surface area contributed by atoms with E-state index in [1.807, 2.05) is 0 Å². The quantitative estimate of drug-likeness (QED) is 0.821. The maximum Gasteiger partial charge on any atom is 0.220 e. The first-order valence-corrected chi connectivity index (χ1v) is 5.18. The summed E-state index contributed by atoms with van der Waals surface area (Å²) in [5.41, 5.74) is 0.617. The highest BCUT2D eigenvalue weighted by Crippen LogP contribution is 2.27. The molecule has 4 heteroatoms. The number of benzene rings is 1. The van der Waals surface area contributed by atoms with Gasteiger partial charge in [-0.1, -0.05) is 22.0 Å². The van der Waals surface area contributed by atoms with Gasteiger partial charge < -0.3 is 5.32 Å². The zero-order valence-corrected chi connectivity index (χ0v) is 8.97. The van der Waals surface area contributed by atoms with Gasteiger partial charge >= 0.3 is 0 Å². The summed E-state index contributed by atoms with van der Waals surface area (Å²) in [5.74, 6) is -0.270. The Kier molecular flexibility index (Phi) is 2.54. The molecule has 1 atom stereocenters. The molecule has 1 aromatic rings. The minimum atomic E-state index is -0.249. The highest BCUT2D eigenvalue weighted by Gasteiger charge is 2.25. The number of nitrogens with one attached hydrogen (secondary N) is 1. The van der Waals surface area contributed by atoms with Gasteiger partial charge in [0.05, 0.1) is 0 Å². The molecule has 1 fully saturated rings. The molecule has 0 unspecified atom stereocenters. The monoisotopic (exact) mass is 257 g/mol. The Morgan fingerprint density at radius 2 is 2.29 bits per heavy atom. The lowest BCUT2D eigenvalue weighted by atomic mass is 9.98. The van der Waals surface area contributed by atoms with Gasteiger partial charge in [0.15, 0.2) is 0 Å². The molecule has 74 valence electrons. The molecular weight excluding hydrogens is 249 g/mol. The normalized spacial score (nSPS) is 21.0. The van der Waals surface area contributed by atoms with Crippen molar-refractivity contribution in [2.75, 3.05) is 6.54 Å². The molecule has 0 radical (unpaired) electrons. The van der Waals surface area contributed by atoms with E-state index in [1.54, 1.807) is 12.1 Å². The molecule has 2 nitrogen and oxygen atoms in total. The molecule has 0 saturated carbocycles. The zero-order chi connectivity index (χ0) is 10.1. The molecule has 14 heavy (non-hydrogen) atoms. The summed E-state index contributed by atoms with van der Waals surface area (Å²) in [6.45, 7) is 0.539. The summed E-state index contributed by atoms with van der Waals surface area (Å²) < 4.78 is 14.2. The smallest absolute Gasteiger partial charge is 0.220 e. The van der Waals surface area contributed by atoms with E-state index in [9.17, 15) is 9.18 Å². The van der Waals surface area contributed by atoms with Gasteiger partial charge in [-0.2, -0.15) is 0 Å². The summed E-state index contributed by atoms with van der Waals surface area (Å²) >= 11 is 3.19. The van der Waals surface area contributed by atoms with Crippen LogP contribution in [0.25, 0.3) is 0 Å². The predicted molar refractivity (Wildman–Crippen MR) is 54.5 cm³/mol. The van der Waals surface area contributed by atoms with Crippen LogP contribution in [0.15, 0.2) is 22.7 Å². The van der Waals surface area contributed by atoms with Crippen molar-refractivity contribution in [1.29, 1.82) is 0 Å². The summed E-state index contributed by atoms with van der Waals surface area (Å²) in [7, 11) is 0. The SMILES string of the molecule is O=C1C[C@H](c2ccc(Br)cc2F)CN1. The van der Waals surface area contributed by atoms with Crippen molar-refractivity contribution in [3.63, 3.8) is 0 Å². The third-order valence-corrected chi connectivity index (χ3v) is 2.87. The maximum atomic E-state index is 13.5. The molecule has 1 aliphatic rings. The molecule has 0 aliphatic carbocycles. The first-order valence-electron chi connectivity index (χ1n) is 4.38. The number of carbonyl (C=O) groups excluding carboxylic acids is 1. The van der Waals surface area contributed by atoms with Crippen molar-refractivity contribution in [3.8, 4) is 0 Å². The molecule has 0 bridgehead atoms. The second kappa shape index (κ2) is 3.69. The molecule has 0 spiro atoms. The van der Waals surface area contributed by atoms with Crippen LogP contribution < -0.4 is 5.32 Å². The molecule has 2 rings (SSSR count). The molecule has 1 N–H and O–H groups in total. The maximum absolute atomic E-state index is 13.5. The average molecular weight is 258 g/mol. The van der Waals surface area contributed by atoms with Crippen LogP contribution >= 0.6 is 15.9 Å². The number of amides is 1. The van der Waals surface area contributed by atoms with E-state index in [-0.39, 0.29) is 17.6 Å². The van der Waals surface area contributed by atoms with Gasteiger partial charge in [-0.15, -0.1) is 0 Å². The second-order valence-corrected chi connectivity index (χ2v) is 4.29. The average Bonchev–Trinajstić information content (AvgIpc) is 2.51. The van der Waals surface area contributed by atoms with Crippen LogP contribution in [0.2, 0.25) is 0 Å². The van der Waals surface area contributed by atoms with Crippen LogP contribution in [0.1, 0.15) is 17.9 Å². The Balaban J connectivity index is 2.28. The Morgan fingerprint density at radius 1 is 1.50 bits per heavy atom. The highest BCUT2D eigenvalue weighted by molar-refractivity contribution is 9.10. The van der Waals surface area contributed by atoms with Gasteiger partial charge in [0, 0.05) is 23.4 Å². The Labute approximate surface area is 89.6 Å². The van der Waals surface area contributed by atoms with Gasteiger partial charge in [0.2, 0.25) is 5.91 Å². The van der Waals surface area contributed by atoms with Crippen molar-refractivity contribution in [2.45, 2.75) is 12.3 Å². The topological polar surface area (TPSA) is 29.1 Å². The van der Waals surface area contributed by atoms with Crippen LogP contribution in [-0.4, -0.2) is 12.5 Å². The van der Waals surface area contributed by atoms with Crippen molar-refractivity contribution in [2.24, 2.45) is 0 Å². The van der Waals surface area contributed by atoms with Crippen molar-refractivity contribution in [3.05, 3.63) is 34.1 Å². The van der Waals surface area contributed by atoms with Gasteiger partial charge in [-0.05, 0) is 17.7 Å². The Hall–Kier alpha value is -0.900. The van der Waals surface area contributed by atoms with Crippen LogP contribution in [0.3, 0.4) is 0 Å². The van der Waals surface area contributed by atoms with Crippen LogP contribution in [0, 0.1) is 5.82 Å². The van der Waals surface area contributed by atoms with E-state index in [2.05, 4.69) is 21.2 Å². The Morgan fingerprint density at radius 3 is 2.86 bits per heavy atom.